The van der Waals surface area contributed by atoms with E-state index in [1.54, 1.807) is 18.2 Å². The lowest BCUT2D eigenvalue weighted by Crippen LogP contribution is -2.35. The van der Waals surface area contributed by atoms with Crippen LogP contribution in [-0.4, -0.2) is 18.4 Å². The fourth-order valence-electron chi connectivity index (χ4n) is 1.84. The topological polar surface area (TPSA) is 82.0 Å². The van der Waals surface area contributed by atoms with Crippen LogP contribution in [0, 0.1) is 11.3 Å². The van der Waals surface area contributed by atoms with E-state index in [1.807, 2.05) is 42.5 Å². The van der Waals surface area contributed by atoms with Gasteiger partial charge in [-0.15, -0.1) is 0 Å². The number of rotatable bonds is 3. The van der Waals surface area contributed by atoms with Crippen molar-refractivity contribution in [3.8, 4) is 17.2 Å². The molecule has 2 aromatic rings. The molecule has 2 amide bonds. The van der Waals surface area contributed by atoms with Crippen LogP contribution in [0.4, 0.5) is 5.69 Å². The predicted octanol–water partition coefficient (Wildman–Crippen LogP) is 1.93. The number of hydrogen-bond acceptors (Lipinski definition) is 3. The van der Waals surface area contributed by atoms with E-state index in [9.17, 15) is 9.59 Å². The molecule has 0 atom stereocenters. The molecule has 0 bridgehead atoms. The Labute approximate surface area is 122 Å². The molecule has 21 heavy (non-hydrogen) atoms. The van der Waals surface area contributed by atoms with E-state index in [2.05, 4.69) is 10.6 Å². The summed E-state index contributed by atoms with van der Waals surface area (Å²) < 4.78 is 0. The fourth-order valence-corrected chi connectivity index (χ4v) is 1.84. The van der Waals surface area contributed by atoms with Crippen LogP contribution in [0.25, 0.3) is 11.1 Å². The molecule has 2 N–H and O–H groups in total. The molecule has 2 rings (SSSR count). The molecule has 0 spiro atoms. The lowest BCUT2D eigenvalue weighted by atomic mass is 10.0. The summed E-state index contributed by atoms with van der Waals surface area (Å²) in [5, 5.41) is 13.1. The molecule has 104 valence electrons. The lowest BCUT2D eigenvalue weighted by Gasteiger charge is -2.10. The van der Waals surface area contributed by atoms with Crippen molar-refractivity contribution in [1.29, 1.82) is 5.26 Å². The zero-order chi connectivity index (χ0) is 15.1. The van der Waals surface area contributed by atoms with Crippen LogP contribution in [0.5, 0.6) is 0 Å². The van der Waals surface area contributed by atoms with Crippen LogP contribution in [0.1, 0.15) is 0 Å². The normalized spacial score (nSPS) is 9.48. The summed E-state index contributed by atoms with van der Waals surface area (Å²) in [6, 6.07) is 18.5. The molecular formula is C16H13N3O2. The average Bonchev–Trinajstić information content (AvgIpc) is 2.54. The Morgan fingerprint density at radius 1 is 0.952 bits per heavy atom. The van der Waals surface area contributed by atoms with Crippen molar-refractivity contribution in [2.45, 2.75) is 0 Å². The third kappa shape index (κ3) is 3.67. The Morgan fingerprint density at radius 3 is 2.33 bits per heavy atom. The Kier molecular flexibility index (Phi) is 4.67. The molecule has 0 fully saturated rings. The maximum Gasteiger partial charge on any atom is 0.313 e. The Balaban J connectivity index is 2.20. The monoisotopic (exact) mass is 279 g/mol. The summed E-state index contributed by atoms with van der Waals surface area (Å²) in [6.45, 7) is -0.202. The minimum Gasteiger partial charge on any atom is -0.335 e. The van der Waals surface area contributed by atoms with Crippen molar-refractivity contribution in [2.24, 2.45) is 0 Å². The van der Waals surface area contributed by atoms with Gasteiger partial charge in [-0.05, 0) is 11.6 Å². The molecule has 0 saturated heterocycles. The van der Waals surface area contributed by atoms with Gasteiger partial charge in [0.1, 0.15) is 6.54 Å². The molecule has 0 aromatic heterocycles. The molecule has 0 aliphatic carbocycles. The quantitative estimate of drug-likeness (QED) is 0.665. The lowest BCUT2D eigenvalue weighted by molar-refractivity contribution is -0.136. The highest BCUT2D eigenvalue weighted by atomic mass is 16.2. The van der Waals surface area contributed by atoms with Gasteiger partial charge in [-0.3, -0.25) is 9.59 Å². The Hall–Kier alpha value is -3.13. The number of carbonyl (C=O) groups excluding carboxylic acids is 2. The second-order valence-electron chi connectivity index (χ2n) is 4.21. The number of carbonyl (C=O) groups is 2. The number of benzene rings is 2. The van der Waals surface area contributed by atoms with Gasteiger partial charge in [-0.1, -0.05) is 48.5 Å². The van der Waals surface area contributed by atoms with Crippen molar-refractivity contribution in [2.75, 3.05) is 11.9 Å². The summed E-state index contributed by atoms with van der Waals surface area (Å²) in [4.78, 5) is 23.2. The number of para-hydroxylation sites is 1. The standard InChI is InChI=1S/C16H13N3O2/c17-10-11-18-15(20)16(21)19-14-9-5-4-8-13(14)12-6-2-1-3-7-12/h1-9H,11H2,(H,18,20)(H,19,21). The number of hydrogen-bond donors (Lipinski definition) is 2. The second-order valence-corrected chi connectivity index (χ2v) is 4.21. The van der Waals surface area contributed by atoms with Crippen LogP contribution >= 0.6 is 0 Å². The van der Waals surface area contributed by atoms with Crippen molar-refractivity contribution >= 4 is 17.5 Å². The first-order chi connectivity index (χ1) is 10.2. The summed E-state index contributed by atoms with van der Waals surface area (Å²) in [5.41, 5.74) is 2.30. The minimum atomic E-state index is -0.834. The molecule has 0 radical (unpaired) electrons. The van der Waals surface area contributed by atoms with E-state index in [0.29, 0.717) is 5.69 Å². The third-order valence-corrected chi connectivity index (χ3v) is 2.79. The van der Waals surface area contributed by atoms with Crippen molar-refractivity contribution in [1.82, 2.24) is 5.32 Å². The Bertz CT molecular complexity index is 690. The van der Waals surface area contributed by atoms with Gasteiger partial charge in [0.25, 0.3) is 0 Å². The van der Waals surface area contributed by atoms with Gasteiger partial charge < -0.3 is 10.6 Å². The highest BCUT2D eigenvalue weighted by Gasteiger charge is 2.14. The summed E-state index contributed by atoms with van der Waals surface area (Å²) >= 11 is 0. The number of anilines is 1. The molecule has 5 nitrogen and oxygen atoms in total. The van der Waals surface area contributed by atoms with Crippen molar-refractivity contribution in [3.63, 3.8) is 0 Å². The first kappa shape index (κ1) is 14.3. The smallest absolute Gasteiger partial charge is 0.313 e. The first-order valence-corrected chi connectivity index (χ1v) is 6.33. The minimum absolute atomic E-state index is 0.202. The molecule has 0 heterocycles. The van der Waals surface area contributed by atoms with Gasteiger partial charge in [0.05, 0.1) is 6.07 Å². The van der Waals surface area contributed by atoms with E-state index in [-0.39, 0.29) is 6.54 Å². The molecule has 2 aromatic carbocycles. The molecule has 0 aliphatic rings. The zero-order valence-electron chi connectivity index (χ0n) is 11.2. The molecule has 0 aliphatic heterocycles. The van der Waals surface area contributed by atoms with Gasteiger partial charge in [0.2, 0.25) is 0 Å². The maximum absolute atomic E-state index is 11.8. The molecular weight excluding hydrogens is 266 g/mol. The second kappa shape index (κ2) is 6.87. The summed E-state index contributed by atoms with van der Waals surface area (Å²) in [6.07, 6.45) is 0. The number of nitrogens with one attached hydrogen (secondary N) is 2. The zero-order valence-corrected chi connectivity index (χ0v) is 11.2. The van der Waals surface area contributed by atoms with E-state index in [4.69, 9.17) is 5.26 Å². The number of amides is 2. The van der Waals surface area contributed by atoms with E-state index >= 15 is 0 Å². The predicted molar refractivity (Wildman–Crippen MR) is 79.1 cm³/mol. The molecule has 0 saturated carbocycles. The van der Waals surface area contributed by atoms with E-state index in [0.717, 1.165) is 11.1 Å². The van der Waals surface area contributed by atoms with Crippen LogP contribution in [-0.2, 0) is 9.59 Å². The van der Waals surface area contributed by atoms with E-state index < -0.39 is 11.8 Å². The van der Waals surface area contributed by atoms with E-state index in [1.165, 1.54) is 0 Å². The van der Waals surface area contributed by atoms with Gasteiger partial charge in [-0.25, -0.2) is 0 Å². The highest BCUT2D eigenvalue weighted by Crippen LogP contribution is 2.27. The van der Waals surface area contributed by atoms with Crippen LogP contribution in [0.3, 0.4) is 0 Å². The fraction of sp³-hybridized carbons (Fsp3) is 0.0625. The number of nitrogens with zero attached hydrogens (tertiary/aromatic N) is 1. The first-order valence-electron chi connectivity index (χ1n) is 6.33. The number of nitriles is 1. The van der Waals surface area contributed by atoms with Crippen molar-refractivity contribution < 1.29 is 9.59 Å². The van der Waals surface area contributed by atoms with Crippen LogP contribution in [0.15, 0.2) is 54.6 Å². The Morgan fingerprint density at radius 2 is 1.62 bits per heavy atom. The highest BCUT2D eigenvalue weighted by molar-refractivity contribution is 6.40. The van der Waals surface area contributed by atoms with Crippen molar-refractivity contribution in [3.05, 3.63) is 54.6 Å². The SMILES string of the molecule is N#CCNC(=O)C(=O)Nc1ccccc1-c1ccccc1. The summed E-state index contributed by atoms with van der Waals surface area (Å²) in [7, 11) is 0. The largest absolute Gasteiger partial charge is 0.335 e. The molecule has 5 heteroatoms. The van der Waals surface area contributed by atoms with Gasteiger partial charge >= 0.3 is 11.8 Å². The summed E-state index contributed by atoms with van der Waals surface area (Å²) in [5.74, 6) is -1.63. The van der Waals surface area contributed by atoms with Gasteiger partial charge in [0.15, 0.2) is 0 Å². The van der Waals surface area contributed by atoms with Crippen LogP contribution in [0.2, 0.25) is 0 Å². The maximum atomic E-state index is 11.8. The van der Waals surface area contributed by atoms with Crippen LogP contribution < -0.4 is 10.6 Å². The third-order valence-electron chi connectivity index (χ3n) is 2.79. The van der Waals surface area contributed by atoms with Gasteiger partial charge in [0, 0.05) is 11.3 Å². The average molecular weight is 279 g/mol. The van der Waals surface area contributed by atoms with Gasteiger partial charge in [-0.2, -0.15) is 5.26 Å². The molecule has 0 unspecified atom stereocenters.